The maximum atomic E-state index is 12.3. The van der Waals surface area contributed by atoms with E-state index in [1.165, 1.54) is 4.90 Å². The van der Waals surface area contributed by atoms with Gasteiger partial charge < -0.3 is 19.9 Å². The summed E-state index contributed by atoms with van der Waals surface area (Å²) in [5.41, 5.74) is 1.11. The normalized spacial score (nSPS) is 14.8. The summed E-state index contributed by atoms with van der Waals surface area (Å²) in [7, 11) is 3.34. The van der Waals surface area contributed by atoms with Gasteiger partial charge in [0.15, 0.2) is 0 Å². The summed E-state index contributed by atoms with van der Waals surface area (Å²) < 4.78 is 5.89. The lowest BCUT2D eigenvalue weighted by atomic mass is 10.1. The number of nitrogens with one attached hydrogen (secondary N) is 2. The predicted molar refractivity (Wildman–Crippen MR) is 95.1 cm³/mol. The number of piperidine rings is 1. The van der Waals surface area contributed by atoms with Gasteiger partial charge in [0.2, 0.25) is 5.88 Å². The van der Waals surface area contributed by atoms with Gasteiger partial charge in [-0.2, -0.15) is 5.10 Å². The SMILES string of the molecule is CN(C)C(=O)Nc1ccc(OC2CCN(C(=O)c3ccn[nH]3)CC2)nc1. The molecule has 3 rings (SSSR count). The van der Waals surface area contributed by atoms with Crippen molar-refractivity contribution in [2.24, 2.45) is 0 Å². The number of carbonyl (C=O) groups is 2. The van der Waals surface area contributed by atoms with Gasteiger partial charge in [-0.05, 0) is 12.1 Å². The number of pyridine rings is 1. The van der Waals surface area contributed by atoms with Gasteiger partial charge >= 0.3 is 6.03 Å². The molecular formula is C17H22N6O3. The molecule has 1 aliphatic rings. The molecule has 1 aliphatic heterocycles. The van der Waals surface area contributed by atoms with Crippen molar-refractivity contribution in [2.75, 3.05) is 32.5 Å². The van der Waals surface area contributed by atoms with E-state index in [0.717, 1.165) is 12.8 Å². The lowest BCUT2D eigenvalue weighted by Gasteiger charge is -2.31. The molecule has 0 spiro atoms. The summed E-state index contributed by atoms with van der Waals surface area (Å²) >= 11 is 0. The zero-order valence-electron chi connectivity index (χ0n) is 14.8. The van der Waals surface area contributed by atoms with Crippen LogP contribution in [0.4, 0.5) is 10.5 Å². The quantitative estimate of drug-likeness (QED) is 0.864. The molecule has 9 heteroatoms. The van der Waals surface area contributed by atoms with Gasteiger partial charge in [0.25, 0.3) is 5.91 Å². The highest BCUT2D eigenvalue weighted by Crippen LogP contribution is 2.19. The number of carbonyl (C=O) groups excluding carboxylic acids is 2. The van der Waals surface area contributed by atoms with Crippen molar-refractivity contribution in [1.29, 1.82) is 0 Å². The summed E-state index contributed by atoms with van der Waals surface area (Å²) in [6.07, 6.45) is 4.62. The van der Waals surface area contributed by atoms with E-state index < -0.39 is 0 Å². The molecule has 0 bridgehead atoms. The Kier molecular flexibility index (Phi) is 5.35. The molecule has 26 heavy (non-hydrogen) atoms. The van der Waals surface area contributed by atoms with E-state index >= 15 is 0 Å². The lowest BCUT2D eigenvalue weighted by Crippen LogP contribution is -2.42. The number of hydrogen-bond donors (Lipinski definition) is 2. The third-order valence-electron chi connectivity index (χ3n) is 4.14. The summed E-state index contributed by atoms with van der Waals surface area (Å²) in [4.78, 5) is 31.3. The first kappa shape index (κ1) is 17.7. The van der Waals surface area contributed by atoms with E-state index in [9.17, 15) is 9.59 Å². The van der Waals surface area contributed by atoms with Crippen LogP contribution in [0.3, 0.4) is 0 Å². The molecule has 0 aliphatic carbocycles. The fourth-order valence-electron chi connectivity index (χ4n) is 2.65. The Morgan fingerprint density at radius 1 is 1.27 bits per heavy atom. The Morgan fingerprint density at radius 3 is 2.62 bits per heavy atom. The average molecular weight is 358 g/mol. The Labute approximate surface area is 151 Å². The molecule has 9 nitrogen and oxygen atoms in total. The maximum Gasteiger partial charge on any atom is 0.321 e. The highest BCUT2D eigenvalue weighted by Gasteiger charge is 2.25. The molecule has 1 fully saturated rings. The second-order valence-corrected chi connectivity index (χ2v) is 6.29. The maximum absolute atomic E-state index is 12.3. The van der Waals surface area contributed by atoms with Gasteiger partial charge in [-0.15, -0.1) is 0 Å². The van der Waals surface area contributed by atoms with Crippen LogP contribution in [0.15, 0.2) is 30.6 Å². The molecule has 0 unspecified atom stereocenters. The topological polar surface area (TPSA) is 103 Å². The van der Waals surface area contributed by atoms with Crippen LogP contribution >= 0.6 is 0 Å². The molecule has 0 radical (unpaired) electrons. The minimum absolute atomic E-state index is 0.00975. The van der Waals surface area contributed by atoms with E-state index in [-0.39, 0.29) is 18.0 Å². The molecule has 2 aromatic heterocycles. The van der Waals surface area contributed by atoms with E-state index in [1.54, 1.807) is 49.6 Å². The smallest absolute Gasteiger partial charge is 0.321 e. The van der Waals surface area contributed by atoms with E-state index in [2.05, 4.69) is 20.5 Å². The number of amides is 3. The number of nitrogens with zero attached hydrogens (tertiary/aromatic N) is 4. The van der Waals surface area contributed by atoms with Gasteiger partial charge in [-0.3, -0.25) is 9.89 Å². The molecule has 3 heterocycles. The third-order valence-corrected chi connectivity index (χ3v) is 4.14. The Hall–Kier alpha value is -3.10. The van der Waals surface area contributed by atoms with E-state index in [0.29, 0.717) is 30.4 Å². The number of aromatic amines is 1. The molecule has 2 aromatic rings. The van der Waals surface area contributed by atoms with Gasteiger partial charge in [-0.25, -0.2) is 9.78 Å². The Morgan fingerprint density at radius 2 is 2.04 bits per heavy atom. The lowest BCUT2D eigenvalue weighted by molar-refractivity contribution is 0.0582. The molecule has 0 aromatic carbocycles. The fraction of sp³-hybridized carbons (Fsp3) is 0.412. The van der Waals surface area contributed by atoms with Crippen LogP contribution in [0, 0.1) is 0 Å². The number of hydrogen-bond acceptors (Lipinski definition) is 5. The number of anilines is 1. The van der Waals surface area contributed by atoms with Crippen LogP contribution < -0.4 is 10.1 Å². The predicted octanol–water partition coefficient (Wildman–Crippen LogP) is 1.58. The average Bonchev–Trinajstić information content (AvgIpc) is 3.18. The molecule has 138 valence electrons. The van der Waals surface area contributed by atoms with Gasteiger partial charge in [0, 0.05) is 52.3 Å². The molecular weight excluding hydrogens is 336 g/mol. The number of urea groups is 1. The minimum atomic E-state index is -0.213. The van der Waals surface area contributed by atoms with Gasteiger partial charge in [0.1, 0.15) is 11.8 Å². The van der Waals surface area contributed by atoms with Crippen LogP contribution in [-0.2, 0) is 0 Å². The Bertz CT molecular complexity index is 736. The van der Waals surface area contributed by atoms with Crippen LogP contribution in [0.5, 0.6) is 5.88 Å². The van der Waals surface area contributed by atoms with Crippen LogP contribution in [-0.4, -0.2) is 70.2 Å². The van der Waals surface area contributed by atoms with Gasteiger partial charge in [0.05, 0.1) is 11.9 Å². The van der Waals surface area contributed by atoms with E-state index in [1.807, 2.05) is 0 Å². The van der Waals surface area contributed by atoms with Crippen molar-refractivity contribution in [1.82, 2.24) is 25.0 Å². The zero-order valence-corrected chi connectivity index (χ0v) is 14.8. The van der Waals surface area contributed by atoms with Gasteiger partial charge in [-0.1, -0.05) is 0 Å². The van der Waals surface area contributed by atoms with Crippen molar-refractivity contribution in [3.05, 3.63) is 36.3 Å². The van der Waals surface area contributed by atoms with Crippen molar-refractivity contribution < 1.29 is 14.3 Å². The van der Waals surface area contributed by atoms with E-state index in [4.69, 9.17) is 4.74 Å². The minimum Gasteiger partial charge on any atom is -0.474 e. The highest BCUT2D eigenvalue weighted by molar-refractivity contribution is 5.92. The summed E-state index contributed by atoms with van der Waals surface area (Å²) in [5.74, 6) is 0.464. The fourth-order valence-corrected chi connectivity index (χ4v) is 2.65. The number of rotatable bonds is 4. The summed E-state index contributed by atoms with van der Waals surface area (Å²) in [6, 6.07) is 4.94. The van der Waals surface area contributed by atoms with Crippen molar-refractivity contribution >= 4 is 17.6 Å². The molecule has 0 saturated carbocycles. The van der Waals surface area contributed by atoms with Crippen molar-refractivity contribution in [3.8, 4) is 5.88 Å². The van der Waals surface area contributed by atoms with Crippen molar-refractivity contribution in [2.45, 2.75) is 18.9 Å². The standard InChI is InChI=1S/C17H22N6O3/c1-22(2)17(25)20-12-3-4-15(18-11-12)26-13-6-9-23(10-7-13)16(24)14-5-8-19-21-14/h3-5,8,11,13H,6-7,9-10H2,1-2H3,(H,19,21)(H,20,25). The largest absolute Gasteiger partial charge is 0.474 e. The zero-order chi connectivity index (χ0) is 18.5. The first-order valence-corrected chi connectivity index (χ1v) is 8.42. The number of aromatic nitrogens is 3. The number of likely N-dealkylation sites (tertiary alicyclic amines) is 1. The summed E-state index contributed by atoms with van der Waals surface area (Å²) in [6.45, 7) is 1.25. The van der Waals surface area contributed by atoms with Crippen molar-refractivity contribution in [3.63, 3.8) is 0 Å². The summed E-state index contributed by atoms with van der Waals surface area (Å²) in [5, 5.41) is 9.23. The number of ether oxygens (including phenoxy) is 1. The first-order chi connectivity index (χ1) is 12.5. The van der Waals surface area contributed by atoms with Crippen LogP contribution in [0.25, 0.3) is 0 Å². The molecule has 2 N–H and O–H groups in total. The first-order valence-electron chi connectivity index (χ1n) is 8.42. The third kappa shape index (κ3) is 4.29. The van der Waals surface area contributed by atoms with Crippen LogP contribution in [0.2, 0.25) is 0 Å². The Balaban J connectivity index is 1.48. The number of H-pyrrole nitrogens is 1. The molecule has 1 saturated heterocycles. The monoisotopic (exact) mass is 358 g/mol. The second-order valence-electron chi connectivity index (χ2n) is 6.29. The highest BCUT2D eigenvalue weighted by atomic mass is 16.5. The molecule has 0 atom stereocenters. The second kappa shape index (κ2) is 7.85. The van der Waals surface area contributed by atoms with Crippen LogP contribution in [0.1, 0.15) is 23.3 Å². The molecule has 3 amide bonds.